The molecular weight excluding hydrogens is 288 g/mol. The molecule has 1 atom stereocenters. The molecule has 0 N–H and O–H groups in total. The zero-order valence-electron chi connectivity index (χ0n) is 14.2. The van der Waals surface area contributed by atoms with Crippen molar-refractivity contribution in [2.75, 3.05) is 28.3 Å². The van der Waals surface area contributed by atoms with E-state index in [4.69, 9.17) is 4.74 Å². The lowest BCUT2D eigenvalue weighted by Crippen LogP contribution is -2.37. The molecule has 122 valence electrons. The number of likely N-dealkylation sites (N-methyl/N-ethyl adjacent to an activating group) is 2. The Kier molecular flexibility index (Phi) is 5.77. The molecule has 0 radical (unpaired) electrons. The van der Waals surface area contributed by atoms with Crippen LogP contribution in [0.1, 0.15) is 17.2 Å². The van der Waals surface area contributed by atoms with E-state index in [1.54, 1.807) is 26.1 Å². The van der Waals surface area contributed by atoms with Crippen LogP contribution in [0.5, 0.6) is 5.75 Å². The van der Waals surface area contributed by atoms with E-state index < -0.39 is 0 Å². The molecule has 4 heteroatoms. The quantitative estimate of drug-likeness (QED) is 0.822. The number of hydrogen-bond donors (Lipinski definition) is 0. The number of hydrogen-bond acceptors (Lipinski definition) is 3. The first-order chi connectivity index (χ1) is 11.0. The van der Waals surface area contributed by atoms with Crippen molar-refractivity contribution < 1.29 is 9.53 Å². The Balaban J connectivity index is 2.26. The third-order valence-corrected chi connectivity index (χ3v) is 3.80. The maximum Gasteiger partial charge on any atom is 0.244 e. The van der Waals surface area contributed by atoms with Crippen molar-refractivity contribution in [2.24, 2.45) is 0 Å². The van der Waals surface area contributed by atoms with Gasteiger partial charge in [-0.2, -0.15) is 0 Å². The molecule has 0 aliphatic carbocycles. The van der Waals surface area contributed by atoms with E-state index in [0.29, 0.717) is 6.54 Å². The van der Waals surface area contributed by atoms with Gasteiger partial charge in [-0.25, -0.2) is 0 Å². The minimum atomic E-state index is -0.308. The summed E-state index contributed by atoms with van der Waals surface area (Å²) in [7, 11) is 7.21. The van der Waals surface area contributed by atoms with Gasteiger partial charge in [0.05, 0.1) is 7.11 Å². The van der Waals surface area contributed by atoms with Gasteiger partial charge in [-0.3, -0.25) is 9.69 Å². The van der Waals surface area contributed by atoms with Gasteiger partial charge in [0, 0.05) is 20.6 Å². The third-order valence-electron chi connectivity index (χ3n) is 3.80. The molecule has 23 heavy (non-hydrogen) atoms. The highest BCUT2D eigenvalue weighted by molar-refractivity contribution is 5.82. The summed E-state index contributed by atoms with van der Waals surface area (Å²) in [5.41, 5.74) is 2.11. The molecule has 0 heterocycles. The third kappa shape index (κ3) is 4.33. The first kappa shape index (κ1) is 17.0. The predicted molar refractivity (Wildman–Crippen MR) is 92.3 cm³/mol. The second-order valence-corrected chi connectivity index (χ2v) is 5.81. The van der Waals surface area contributed by atoms with E-state index in [-0.39, 0.29) is 11.9 Å². The summed E-state index contributed by atoms with van der Waals surface area (Å²) in [5, 5.41) is 0. The van der Waals surface area contributed by atoms with Gasteiger partial charge in [0.25, 0.3) is 0 Å². The molecule has 0 bridgehead atoms. The van der Waals surface area contributed by atoms with Crippen molar-refractivity contribution >= 4 is 5.91 Å². The summed E-state index contributed by atoms with van der Waals surface area (Å²) < 4.78 is 5.27. The lowest BCUT2D eigenvalue weighted by molar-refractivity contribution is -0.134. The van der Waals surface area contributed by atoms with Gasteiger partial charge < -0.3 is 9.64 Å². The van der Waals surface area contributed by atoms with Crippen LogP contribution in [0.2, 0.25) is 0 Å². The number of nitrogens with zero attached hydrogens (tertiary/aromatic N) is 2. The summed E-state index contributed by atoms with van der Waals surface area (Å²) in [5.74, 6) is 0.896. The SMILES string of the molecule is COc1cccc(CN(C)C(C(=O)N(C)C)c2ccccc2)c1. The second-order valence-electron chi connectivity index (χ2n) is 5.81. The molecule has 0 saturated carbocycles. The summed E-state index contributed by atoms with van der Waals surface area (Å²) in [4.78, 5) is 16.4. The normalized spacial score (nSPS) is 12.0. The van der Waals surface area contributed by atoms with E-state index in [2.05, 4.69) is 4.90 Å². The van der Waals surface area contributed by atoms with Crippen molar-refractivity contribution in [3.63, 3.8) is 0 Å². The number of ether oxygens (including phenoxy) is 1. The Labute approximate surface area is 138 Å². The van der Waals surface area contributed by atoms with E-state index in [9.17, 15) is 4.79 Å². The van der Waals surface area contributed by atoms with E-state index in [0.717, 1.165) is 16.9 Å². The van der Waals surface area contributed by atoms with Crippen molar-refractivity contribution in [3.8, 4) is 5.75 Å². The fourth-order valence-electron chi connectivity index (χ4n) is 2.62. The summed E-state index contributed by atoms with van der Waals surface area (Å²) >= 11 is 0. The Bertz CT molecular complexity index is 641. The van der Waals surface area contributed by atoms with Crippen molar-refractivity contribution in [1.82, 2.24) is 9.80 Å². The van der Waals surface area contributed by atoms with E-state index in [1.165, 1.54) is 0 Å². The summed E-state index contributed by atoms with van der Waals surface area (Å²) in [6, 6.07) is 17.5. The molecule has 0 aliphatic rings. The van der Waals surface area contributed by atoms with Crippen LogP contribution in [0.3, 0.4) is 0 Å². The van der Waals surface area contributed by atoms with Crippen LogP contribution in [-0.2, 0) is 11.3 Å². The van der Waals surface area contributed by atoms with Gasteiger partial charge in [0.1, 0.15) is 11.8 Å². The zero-order chi connectivity index (χ0) is 16.8. The number of amides is 1. The first-order valence-electron chi connectivity index (χ1n) is 7.62. The van der Waals surface area contributed by atoms with Gasteiger partial charge in [0.15, 0.2) is 0 Å². The van der Waals surface area contributed by atoms with Gasteiger partial charge in [-0.05, 0) is 30.3 Å². The fourth-order valence-corrected chi connectivity index (χ4v) is 2.62. The number of methoxy groups -OCH3 is 1. The van der Waals surface area contributed by atoms with Gasteiger partial charge >= 0.3 is 0 Å². The molecule has 0 aliphatic heterocycles. The molecule has 1 unspecified atom stereocenters. The highest BCUT2D eigenvalue weighted by atomic mass is 16.5. The number of rotatable bonds is 6. The molecule has 1 amide bonds. The van der Waals surface area contributed by atoms with Gasteiger partial charge in [0.2, 0.25) is 5.91 Å². The molecular formula is C19H24N2O2. The van der Waals surface area contributed by atoms with E-state index in [1.807, 2.05) is 61.6 Å². The zero-order valence-corrected chi connectivity index (χ0v) is 14.2. The molecule has 0 saturated heterocycles. The maximum atomic E-state index is 12.7. The predicted octanol–water partition coefficient (Wildman–Crippen LogP) is 2.96. The summed E-state index contributed by atoms with van der Waals surface area (Å²) in [6.45, 7) is 0.663. The second kappa shape index (κ2) is 7.79. The Hall–Kier alpha value is -2.33. The van der Waals surface area contributed by atoms with Crippen LogP contribution < -0.4 is 4.74 Å². The van der Waals surface area contributed by atoms with Crippen LogP contribution >= 0.6 is 0 Å². The first-order valence-corrected chi connectivity index (χ1v) is 7.62. The lowest BCUT2D eigenvalue weighted by atomic mass is 10.0. The largest absolute Gasteiger partial charge is 0.497 e. The molecule has 0 aromatic heterocycles. The van der Waals surface area contributed by atoms with Gasteiger partial charge in [-0.15, -0.1) is 0 Å². The number of benzene rings is 2. The highest BCUT2D eigenvalue weighted by Gasteiger charge is 2.26. The van der Waals surface area contributed by atoms with Crippen molar-refractivity contribution in [1.29, 1.82) is 0 Å². The average Bonchev–Trinajstić information content (AvgIpc) is 2.56. The van der Waals surface area contributed by atoms with Crippen LogP contribution in [0.4, 0.5) is 0 Å². The van der Waals surface area contributed by atoms with Crippen molar-refractivity contribution in [2.45, 2.75) is 12.6 Å². The maximum absolute atomic E-state index is 12.7. The fraction of sp³-hybridized carbons (Fsp3) is 0.316. The minimum absolute atomic E-state index is 0.0709. The minimum Gasteiger partial charge on any atom is -0.497 e. The smallest absolute Gasteiger partial charge is 0.244 e. The van der Waals surface area contributed by atoms with Crippen LogP contribution in [0.25, 0.3) is 0 Å². The Morgan fingerprint density at radius 2 is 1.74 bits per heavy atom. The molecule has 2 aromatic carbocycles. The molecule has 2 rings (SSSR count). The highest BCUT2D eigenvalue weighted by Crippen LogP contribution is 2.24. The molecule has 2 aromatic rings. The topological polar surface area (TPSA) is 32.8 Å². The number of carbonyl (C=O) groups excluding carboxylic acids is 1. The lowest BCUT2D eigenvalue weighted by Gasteiger charge is -2.29. The molecule has 0 fully saturated rings. The Morgan fingerprint density at radius 1 is 1.04 bits per heavy atom. The van der Waals surface area contributed by atoms with Crippen LogP contribution in [0, 0.1) is 0 Å². The monoisotopic (exact) mass is 312 g/mol. The van der Waals surface area contributed by atoms with Crippen LogP contribution in [-0.4, -0.2) is 44.0 Å². The number of carbonyl (C=O) groups is 1. The van der Waals surface area contributed by atoms with E-state index >= 15 is 0 Å². The summed E-state index contributed by atoms with van der Waals surface area (Å²) in [6.07, 6.45) is 0. The Morgan fingerprint density at radius 3 is 2.35 bits per heavy atom. The average molecular weight is 312 g/mol. The standard InChI is InChI=1S/C19H24N2O2/c1-20(2)19(22)18(16-10-6-5-7-11-16)21(3)14-15-9-8-12-17(13-15)23-4/h5-13,18H,14H2,1-4H3. The van der Waals surface area contributed by atoms with Crippen LogP contribution in [0.15, 0.2) is 54.6 Å². The molecule has 0 spiro atoms. The molecule has 4 nitrogen and oxygen atoms in total. The van der Waals surface area contributed by atoms with Gasteiger partial charge in [-0.1, -0.05) is 42.5 Å². The van der Waals surface area contributed by atoms with Crippen molar-refractivity contribution in [3.05, 3.63) is 65.7 Å².